The van der Waals surface area contributed by atoms with E-state index in [0.29, 0.717) is 40.1 Å². The number of carbonyl (C=O) groups excluding carboxylic acids is 4. The van der Waals surface area contributed by atoms with Gasteiger partial charge in [0, 0.05) is 40.8 Å². The molecule has 6 aromatic rings. The lowest BCUT2D eigenvalue weighted by atomic mass is 10.0. The number of anilines is 1. The number of rotatable bonds is 15. The normalized spacial score (nSPS) is 12.5. The van der Waals surface area contributed by atoms with Gasteiger partial charge in [-0.1, -0.05) is 82.3 Å². The van der Waals surface area contributed by atoms with Gasteiger partial charge in [0.15, 0.2) is 0 Å². The number of ether oxygens (including phenoxy) is 2. The number of urea groups is 1. The lowest BCUT2D eigenvalue weighted by Gasteiger charge is -2.27. The summed E-state index contributed by atoms with van der Waals surface area (Å²) in [5.41, 5.74) is 9.18. The molecule has 0 saturated heterocycles. The van der Waals surface area contributed by atoms with Crippen LogP contribution >= 0.6 is 0 Å². The van der Waals surface area contributed by atoms with Gasteiger partial charge in [0.1, 0.15) is 18.4 Å². The molecule has 13 nitrogen and oxygen atoms in total. The van der Waals surface area contributed by atoms with E-state index in [1.54, 1.807) is 42.1 Å². The van der Waals surface area contributed by atoms with Gasteiger partial charge in [0.25, 0.3) is 0 Å². The van der Waals surface area contributed by atoms with Crippen molar-refractivity contribution in [2.75, 3.05) is 19.0 Å². The molecule has 0 aliphatic rings. The number of carbonyl (C=O) groups is 4. The summed E-state index contributed by atoms with van der Waals surface area (Å²) in [4.78, 5) is 57.0. The minimum atomic E-state index is -0.873. The number of benzene rings is 4. The Kier molecular flexibility index (Phi) is 12.7. The maximum atomic E-state index is 14.1. The summed E-state index contributed by atoms with van der Waals surface area (Å²) in [6.45, 7) is 7.99. The van der Waals surface area contributed by atoms with E-state index in [1.807, 2.05) is 94.4 Å². The molecule has 2 atom stereocenters. The van der Waals surface area contributed by atoms with Crippen molar-refractivity contribution in [3.8, 4) is 17.0 Å². The standard InChI is InChI=1S/C44H49N7O6/c1-26(2)38(48-27(3)4)42(53)50-36(14-9-22-47-43(45)54)41(52)49-30-17-15-28(16-18-30)25-57-44(55)51-37-20-19-31(56-5)24-35(37)34-21-23-46-39(40(34)51)33-13-8-11-29-10-6-7-12-32(29)33/h6-8,10-13,15-21,23-24,26-27,36,38,48H,9,14,22,25H2,1-5H3,(H,49,52)(H,50,53)(H3,45,47,54)/t36-,38-/m0/s1. The topological polar surface area (TPSA) is 179 Å². The van der Waals surface area contributed by atoms with Gasteiger partial charge in [0.2, 0.25) is 11.8 Å². The van der Waals surface area contributed by atoms with Crippen molar-refractivity contribution < 1.29 is 28.7 Å². The van der Waals surface area contributed by atoms with E-state index in [4.69, 9.17) is 20.2 Å². The van der Waals surface area contributed by atoms with Crippen molar-refractivity contribution in [3.63, 3.8) is 0 Å². The minimum Gasteiger partial charge on any atom is -0.497 e. The van der Waals surface area contributed by atoms with Crippen LogP contribution in [0.25, 0.3) is 43.8 Å². The first-order valence-corrected chi connectivity index (χ1v) is 19.1. The van der Waals surface area contributed by atoms with Gasteiger partial charge in [-0.25, -0.2) is 14.2 Å². The van der Waals surface area contributed by atoms with Crippen LogP contribution in [0.2, 0.25) is 0 Å². The highest BCUT2D eigenvalue weighted by Crippen LogP contribution is 2.38. The second-order valence-electron chi connectivity index (χ2n) is 14.6. The summed E-state index contributed by atoms with van der Waals surface area (Å²) in [5.74, 6) is -0.0634. The van der Waals surface area contributed by atoms with Crippen LogP contribution in [0.15, 0.2) is 97.2 Å². The monoisotopic (exact) mass is 771 g/mol. The molecule has 0 saturated carbocycles. The summed E-state index contributed by atoms with van der Waals surface area (Å²) < 4.78 is 13.1. The van der Waals surface area contributed by atoms with Crippen LogP contribution in [-0.2, 0) is 20.9 Å². The van der Waals surface area contributed by atoms with E-state index in [9.17, 15) is 19.2 Å². The average Bonchev–Trinajstić information content (AvgIpc) is 3.54. The zero-order valence-corrected chi connectivity index (χ0v) is 32.8. The molecule has 0 aliphatic carbocycles. The molecule has 0 unspecified atom stereocenters. The van der Waals surface area contributed by atoms with Crippen LogP contribution < -0.4 is 31.7 Å². The molecule has 0 radical (unpaired) electrons. The fourth-order valence-electron chi connectivity index (χ4n) is 6.99. The predicted molar refractivity (Wildman–Crippen MR) is 223 cm³/mol. The highest BCUT2D eigenvalue weighted by molar-refractivity contribution is 6.17. The van der Waals surface area contributed by atoms with Crippen molar-refractivity contribution in [1.82, 2.24) is 25.5 Å². The van der Waals surface area contributed by atoms with Crippen LogP contribution in [0.3, 0.4) is 0 Å². The maximum absolute atomic E-state index is 14.1. The van der Waals surface area contributed by atoms with E-state index in [1.165, 1.54) is 0 Å². The number of nitrogens with two attached hydrogens (primary N) is 1. The first kappa shape index (κ1) is 40.2. The minimum absolute atomic E-state index is 0.0179. The molecule has 2 heterocycles. The molecule has 57 heavy (non-hydrogen) atoms. The van der Waals surface area contributed by atoms with Crippen molar-refractivity contribution in [3.05, 3.63) is 103 Å². The third-order valence-electron chi connectivity index (χ3n) is 9.76. The molecule has 4 aromatic carbocycles. The van der Waals surface area contributed by atoms with E-state index in [-0.39, 0.29) is 37.4 Å². The molecule has 0 spiro atoms. The molecule has 4 amide bonds. The first-order chi connectivity index (χ1) is 27.4. The molecule has 6 rings (SSSR count). The molecular formula is C44H49N7O6. The van der Waals surface area contributed by atoms with Gasteiger partial charge in [-0.3, -0.25) is 14.6 Å². The van der Waals surface area contributed by atoms with Gasteiger partial charge in [-0.2, -0.15) is 0 Å². The van der Waals surface area contributed by atoms with Crippen LogP contribution in [0.4, 0.5) is 15.3 Å². The van der Waals surface area contributed by atoms with Crippen molar-refractivity contribution in [2.45, 2.75) is 65.3 Å². The van der Waals surface area contributed by atoms with Crippen molar-refractivity contribution in [2.24, 2.45) is 11.7 Å². The Morgan fingerprint density at radius 2 is 1.60 bits per heavy atom. The molecule has 0 bridgehead atoms. The number of amides is 4. The molecule has 2 aromatic heterocycles. The quantitative estimate of drug-likeness (QED) is 0.0687. The third-order valence-corrected chi connectivity index (χ3v) is 9.76. The SMILES string of the molecule is COc1ccc2c(c1)c1ccnc(-c3cccc4ccccc34)c1n2C(=O)OCc1ccc(NC(=O)[C@H](CCCNC(N)=O)NC(=O)[C@@H](NC(C)C)C(C)C)cc1. The zero-order valence-electron chi connectivity index (χ0n) is 32.8. The number of nitrogens with one attached hydrogen (secondary N) is 4. The summed E-state index contributed by atoms with van der Waals surface area (Å²) in [6.07, 6.45) is 1.85. The number of methoxy groups -OCH3 is 1. The largest absolute Gasteiger partial charge is 0.497 e. The van der Waals surface area contributed by atoms with E-state index in [0.717, 1.165) is 27.1 Å². The van der Waals surface area contributed by atoms with Crippen LogP contribution in [0, 0.1) is 5.92 Å². The van der Waals surface area contributed by atoms with Crippen LogP contribution in [0.1, 0.15) is 46.1 Å². The second-order valence-corrected chi connectivity index (χ2v) is 14.6. The highest BCUT2D eigenvalue weighted by Gasteiger charge is 2.28. The first-order valence-electron chi connectivity index (χ1n) is 19.1. The Hall–Kier alpha value is -6.47. The Bertz CT molecular complexity index is 2400. The van der Waals surface area contributed by atoms with E-state index in [2.05, 4.69) is 21.3 Å². The lowest BCUT2D eigenvalue weighted by molar-refractivity contribution is -0.129. The van der Waals surface area contributed by atoms with E-state index < -0.39 is 30.1 Å². The highest BCUT2D eigenvalue weighted by atomic mass is 16.5. The van der Waals surface area contributed by atoms with E-state index >= 15 is 0 Å². The molecule has 296 valence electrons. The van der Waals surface area contributed by atoms with Crippen LogP contribution in [0.5, 0.6) is 5.75 Å². The fraction of sp³-hybridized carbons (Fsp3) is 0.295. The zero-order chi connectivity index (χ0) is 40.6. The number of fused-ring (bicyclic) bond motifs is 4. The van der Waals surface area contributed by atoms with Gasteiger partial charge < -0.3 is 36.5 Å². The van der Waals surface area contributed by atoms with Crippen LogP contribution in [-0.4, -0.2) is 65.3 Å². The Balaban J connectivity index is 1.21. The number of aromatic nitrogens is 2. The average molecular weight is 772 g/mol. The Morgan fingerprint density at radius 3 is 2.32 bits per heavy atom. The maximum Gasteiger partial charge on any atom is 0.419 e. The number of primary amides is 1. The predicted octanol–water partition coefficient (Wildman–Crippen LogP) is 7.10. The van der Waals surface area contributed by atoms with Gasteiger partial charge in [-0.15, -0.1) is 0 Å². The van der Waals surface area contributed by atoms with Gasteiger partial charge in [-0.05, 0) is 71.5 Å². The summed E-state index contributed by atoms with van der Waals surface area (Å²) in [6, 6.07) is 26.5. The Morgan fingerprint density at radius 1 is 0.842 bits per heavy atom. The van der Waals surface area contributed by atoms with Gasteiger partial charge >= 0.3 is 12.1 Å². The number of hydrogen-bond donors (Lipinski definition) is 5. The number of nitrogens with zero attached hydrogens (tertiary/aromatic N) is 2. The molecule has 0 aliphatic heterocycles. The molecule has 6 N–H and O–H groups in total. The number of pyridine rings is 1. The summed E-state index contributed by atoms with van der Waals surface area (Å²) >= 11 is 0. The lowest BCUT2D eigenvalue weighted by Crippen LogP contribution is -2.54. The second kappa shape index (κ2) is 18.0. The molecule has 13 heteroatoms. The van der Waals surface area contributed by atoms with Crippen molar-refractivity contribution >= 4 is 62.2 Å². The molecule has 0 fully saturated rings. The smallest absolute Gasteiger partial charge is 0.419 e. The molecular weight excluding hydrogens is 723 g/mol. The number of hydrogen-bond acceptors (Lipinski definition) is 8. The summed E-state index contributed by atoms with van der Waals surface area (Å²) in [5, 5.41) is 15.3. The summed E-state index contributed by atoms with van der Waals surface area (Å²) in [7, 11) is 1.60. The van der Waals surface area contributed by atoms with Gasteiger partial charge in [0.05, 0.1) is 29.9 Å². The third kappa shape index (κ3) is 9.33. The Labute approximate surface area is 331 Å². The fourth-order valence-corrected chi connectivity index (χ4v) is 6.99. The van der Waals surface area contributed by atoms with Crippen molar-refractivity contribution in [1.29, 1.82) is 0 Å².